The maximum absolute atomic E-state index is 13.0. The van der Waals surface area contributed by atoms with Crippen LogP contribution >= 0.6 is 11.6 Å². The number of ether oxygens (including phenoxy) is 1. The Labute approximate surface area is 241 Å². The zero-order chi connectivity index (χ0) is 28.3. The van der Waals surface area contributed by atoms with Gasteiger partial charge in [0, 0.05) is 44.1 Å². The number of rotatable bonds is 8. The number of anilines is 2. The Bertz CT molecular complexity index is 1590. The van der Waals surface area contributed by atoms with Gasteiger partial charge in [-0.05, 0) is 47.5 Å². The highest BCUT2D eigenvalue weighted by Gasteiger charge is 2.27. The van der Waals surface area contributed by atoms with E-state index < -0.39 is 0 Å². The van der Waals surface area contributed by atoms with Crippen molar-refractivity contribution in [3.63, 3.8) is 0 Å². The second-order valence-electron chi connectivity index (χ2n) is 10.1. The molecule has 3 N–H and O–H groups in total. The Balaban J connectivity index is 1.11. The van der Waals surface area contributed by atoms with Crippen LogP contribution in [0.2, 0.25) is 5.15 Å². The normalized spacial score (nSPS) is 15.9. The molecule has 0 atom stereocenters. The Morgan fingerprint density at radius 2 is 1.90 bits per heavy atom. The van der Waals surface area contributed by atoms with Crippen LogP contribution in [0, 0.1) is 0 Å². The van der Waals surface area contributed by atoms with Gasteiger partial charge in [0.2, 0.25) is 5.91 Å². The number of hydrogen-bond acceptors (Lipinski definition) is 8. The number of hydrogen-bond donors (Lipinski definition) is 3. The first-order valence-corrected chi connectivity index (χ1v) is 13.7. The fourth-order valence-corrected chi connectivity index (χ4v) is 5.33. The van der Waals surface area contributed by atoms with Gasteiger partial charge in [0.1, 0.15) is 28.6 Å². The van der Waals surface area contributed by atoms with Gasteiger partial charge >= 0.3 is 0 Å². The second-order valence-corrected chi connectivity index (χ2v) is 10.4. The number of carbonyl (C=O) groups is 2. The fraction of sp³-hybridized carbons (Fsp3) is 0.276. The van der Waals surface area contributed by atoms with Crippen LogP contribution in [0.3, 0.4) is 0 Å². The van der Waals surface area contributed by atoms with E-state index in [0.717, 1.165) is 46.8 Å². The second kappa shape index (κ2) is 11.7. The molecule has 6 rings (SSSR count). The van der Waals surface area contributed by atoms with E-state index >= 15 is 0 Å². The molecule has 3 aromatic heterocycles. The Morgan fingerprint density at radius 3 is 2.66 bits per heavy atom. The quantitative estimate of drug-likeness (QED) is 0.217. The van der Waals surface area contributed by atoms with E-state index in [1.54, 1.807) is 18.5 Å². The van der Waals surface area contributed by atoms with Gasteiger partial charge in [0.05, 0.1) is 24.6 Å². The zero-order valence-electron chi connectivity index (χ0n) is 22.3. The first kappa shape index (κ1) is 26.9. The van der Waals surface area contributed by atoms with Crippen molar-refractivity contribution in [1.82, 2.24) is 30.2 Å². The van der Waals surface area contributed by atoms with E-state index in [1.807, 2.05) is 24.3 Å². The first-order valence-electron chi connectivity index (χ1n) is 13.3. The third-order valence-corrected chi connectivity index (χ3v) is 7.34. The molecule has 2 aliphatic rings. The van der Waals surface area contributed by atoms with E-state index in [1.165, 1.54) is 6.08 Å². The van der Waals surface area contributed by atoms with E-state index in [2.05, 4.69) is 53.0 Å². The van der Waals surface area contributed by atoms with Crippen molar-refractivity contribution < 1.29 is 14.3 Å². The number of halogens is 1. The molecule has 0 unspecified atom stereocenters. The Morgan fingerprint density at radius 1 is 1.12 bits per heavy atom. The smallest absolute Gasteiger partial charge is 0.274 e. The summed E-state index contributed by atoms with van der Waals surface area (Å²) in [7, 11) is 0. The third kappa shape index (κ3) is 6.07. The molecule has 4 aromatic rings. The van der Waals surface area contributed by atoms with Crippen molar-refractivity contribution >= 4 is 46.0 Å². The van der Waals surface area contributed by atoms with Crippen molar-refractivity contribution in [2.75, 3.05) is 49.6 Å². The maximum atomic E-state index is 13.0. The molecular weight excluding hydrogens is 544 g/mol. The molecular formula is C29H29ClN8O3. The van der Waals surface area contributed by atoms with Crippen LogP contribution in [0.25, 0.3) is 22.3 Å². The molecule has 12 heteroatoms. The Hall–Kier alpha value is -4.32. The SMILES string of the molecule is C=CC(=O)NC1CN(Cc2cc(Cl)nc(C(=O)Nc3ccc(-c4cc5c(N6CCOCC6)ncnc5[nH]4)cc3)c2)C1. The van der Waals surface area contributed by atoms with Gasteiger partial charge in [-0.25, -0.2) is 15.0 Å². The number of aromatic amines is 1. The van der Waals surface area contributed by atoms with Gasteiger partial charge in [-0.2, -0.15) is 0 Å². The fourth-order valence-electron chi connectivity index (χ4n) is 5.10. The Kier molecular flexibility index (Phi) is 7.64. The van der Waals surface area contributed by atoms with Crippen LogP contribution in [0.1, 0.15) is 16.1 Å². The van der Waals surface area contributed by atoms with E-state index in [0.29, 0.717) is 38.5 Å². The molecule has 2 fully saturated rings. The minimum absolute atomic E-state index is 0.0904. The van der Waals surface area contributed by atoms with Gasteiger partial charge < -0.3 is 25.3 Å². The van der Waals surface area contributed by atoms with Gasteiger partial charge in [0.15, 0.2) is 0 Å². The number of amides is 2. The van der Waals surface area contributed by atoms with Crippen LogP contribution in [-0.2, 0) is 16.1 Å². The summed E-state index contributed by atoms with van der Waals surface area (Å²) in [6, 6.07) is 13.2. The lowest BCUT2D eigenvalue weighted by atomic mass is 10.1. The minimum atomic E-state index is -0.350. The van der Waals surface area contributed by atoms with Crippen LogP contribution in [0.4, 0.5) is 11.5 Å². The summed E-state index contributed by atoms with van der Waals surface area (Å²) in [6.07, 6.45) is 2.84. The summed E-state index contributed by atoms with van der Waals surface area (Å²) in [5.41, 5.74) is 4.37. The largest absolute Gasteiger partial charge is 0.378 e. The molecule has 2 aliphatic heterocycles. The molecule has 0 bridgehead atoms. The molecule has 2 amide bonds. The molecule has 1 aromatic carbocycles. The van der Waals surface area contributed by atoms with Gasteiger partial charge in [0.25, 0.3) is 5.91 Å². The first-order chi connectivity index (χ1) is 19.9. The van der Waals surface area contributed by atoms with Gasteiger partial charge in [-0.15, -0.1) is 0 Å². The van der Waals surface area contributed by atoms with Crippen molar-refractivity contribution in [2.24, 2.45) is 0 Å². The molecule has 0 radical (unpaired) electrons. The molecule has 2 saturated heterocycles. The van der Waals surface area contributed by atoms with Gasteiger partial charge in [-0.3, -0.25) is 14.5 Å². The molecule has 0 saturated carbocycles. The number of morpholine rings is 1. The van der Waals surface area contributed by atoms with Crippen molar-refractivity contribution in [1.29, 1.82) is 0 Å². The number of H-pyrrole nitrogens is 1. The minimum Gasteiger partial charge on any atom is -0.378 e. The van der Waals surface area contributed by atoms with Gasteiger partial charge in [-0.1, -0.05) is 30.3 Å². The lowest BCUT2D eigenvalue weighted by molar-refractivity contribution is -0.118. The highest BCUT2D eigenvalue weighted by atomic mass is 35.5. The average Bonchev–Trinajstić information content (AvgIpc) is 3.41. The molecule has 210 valence electrons. The zero-order valence-corrected chi connectivity index (χ0v) is 23.0. The predicted molar refractivity (Wildman–Crippen MR) is 157 cm³/mol. The number of pyridine rings is 1. The number of likely N-dealkylation sites (tertiary alicyclic amines) is 1. The molecule has 0 aliphatic carbocycles. The van der Waals surface area contributed by atoms with Crippen molar-refractivity contribution in [2.45, 2.75) is 12.6 Å². The highest BCUT2D eigenvalue weighted by Crippen LogP contribution is 2.30. The summed E-state index contributed by atoms with van der Waals surface area (Å²) in [5.74, 6) is 0.367. The number of nitrogens with zero attached hydrogens (tertiary/aromatic N) is 5. The summed E-state index contributed by atoms with van der Waals surface area (Å²) in [6.45, 7) is 8.43. The van der Waals surface area contributed by atoms with Crippen LogP contribution in [0.5, 0.6) is 0 Å². The number of fused-ring (bicyclic) bond motifs is 1. The number of carbonyl (C=O) groups excluding carboxylic acids is 2. The molecule has 5 heterocycles. The standard InChI is InChI=1S/C29H29ClN8O3/c1-2-26(39)33-21-15-37(16-21)14-18-11-24(35-25(30)12-18)29(40)34-20-5-3-19(4-6-20)23-13-22-27(36-23)31-17-32-28(22)38-7-9-41-10-8-38/h2-6,11-13,17,21H,1,7-10,14-16H2,(H,33,39)(H,34,40)(H,31,32,36). The number of aromatic nitrogens is 4. The lowest BCUT2D eigenvalue weighted by Crippen LogP contribution is -2.58. The van der Waals surface area contributed by atoms with E-state index in [4.69, 9.17) is 16.3 Å². The monoisotopic (exact) mass is 572 g/mol. The molecule has 41 heavy (non-hydrogen) atoms. The maximum Gasteiger partial charge on any atom is 0.274 e. The highest BCUT2D eigenvalue weighted by molar-refractivity contribution is 6.29. The lowest BCUT2D eigenvalue weighted by Gasteiger charge is -2.39. The predicted octanol–water partition coefficient (Wildman–Crippen LogP) is 3.25. The average molecular weight is 573 g/mol. The van der Waals surface area contributed by atoms with Crippen LogP contribution in [0.15, 0.2) is 61.4 Å². The van der Waals surface area contributed by atoms with Crippen LogP contribution < -0.4 is 15.5 Å². The summed E-state index contributed by atoms with van der Waals surface area (Å²) >= 11 is 6.24. The molecule has 11 nitrogen and oxygen atoms in total. The van der Waals surface area contributed by atoms with E-state index in [9.17, 15) is 9.59 Å². The summed E-state index contributed by atoms with van der Waals surface area (Å²) in [5, 5.41) is 6.98. The van der Waals surface area contributed by atoms with Crippen LogP contribution in [-0.4, -0.2) is 82.1 Å². The third-order valence-electron chi connectivity index (χ3n) is 7.15. The number of nitrogens with one attached hydrogen (secondary N) is 3. The molecule has 0 spiro atoms. The number of benzene rings is 1. The summed E-state index contributed by atoms with van der Waals surface area (Å²) in [4.78, 5) is 45.4. The van der Waals surface area contributed by atoms with E-state index in [-0.39, 0.29) is 28.7 Å². The van der Waals surface area contributed by atoms with Crippen molar-refractivity contribution in [3.8, 4) is 11.3 Å². The summed E-state index contributed by atoms with van der Waals surface area (Å²) < 4.78 is 5.48. The topological polar surface area (TPSA) is 128 Å². The van der Waals surface area contributed by atoms with Crippen molar-refractivity contribution in [3.05, 3.63) is 77.9 Å².